The van der Waals surface area contributed by atoms with Crippen molar-refractivity contribution in [3.05, 3.63) is 52.0 Å². The summed E-state index contributed by atoms with van der Waals surface area (Å²) < 4.78 is 17.9. The van der Waals surface area contributed by atoms with Gasteiger partial charge in [0.2, 0.25) is 5.91 Å². The van der Waals surface area contributed by atoms with Gasteiger partial charge in [-0.2, -0.15) is 0 Å². The molecule has 0 aliphatic heterocycles. The Labute approximate surface area is 144 Å². The number of thiophene rings is 1. The number of nitrogens with zero attached hydrogens (tertiary/aromatic N) is 1. The number of esters is 1. The smallest absolute Gasteiger partial charge is 0.350 e. The van der Waals surface area contributed by atoms with Gasteiger partial charge in [-0.1, -0.05) is 19.1 Å². The molecule has 0 aliphatic carbocycles. The molecule has 1 amide bonds. The van der Waals surface area contributed by atoms with Crippen LogP contribution in [0.1, 0.15) is 22.2 Å². The lowest BCUT2D eigenvalue weighted by molar-refractivity contribution is -0.117. The topological polar surface area (TPSA) is 58.6 Å². The Bertz CT molecular complexity index is 717. The van der Waals surface area contributed by atoms with E-state index in [2.05, 4.69) is 10.1 Å². The first-order chi connectivity index (χ1) is 11.5. The van der Waals surface area contributed by atoms with Crippen molar-refractivity contribution in [2.75, 3.05) is 25.5 Å². The molecule has 7 heteroatoms. The lowest BCUT2D eigenvalue weighted by atomic mass is 10.2. The van der Waals surface area contributed by atoms with Crippen LogP contribution in [0.15, 0.2) is 35.7 Å². The molecule has 0 atom stereocenters. The van der Waals surface area contributed by atoms with Gasteiger partial charge in [0.05, 0.1) is 19.3 Å². The maximum Gasteiger partial charge on any atom is 0.350 e. The molecule has 0 unspecified atom stereocenters. The van der Waals surface area contributed by atoms with E-state index in [9.17, 15) is 14.0 Å². The number of benzene rings is 1. The number of rotatable bonds is 7. The monoisotopic (exact) mass is 350 g/mol. The Balaban J connectivity index is 1.97. The number of methoxy groups -OCH3 is 1. The van der Waals surface area contributed by atoms with Crippen molar-refractivity contribution in [1.82, 2.24) is 4.90 Å². The fourth-order valence-corrected chi connectivity index (χ4v) is 2.99. The molecule has 0 fully saturated rings. The molecule has 0 radical (unpaired) electrons. The fraction of sp³-hybridized carbons (Fsp3) is 0.294. The molecule has 2 rings (SSSR count). The summed E-state index contributed by atoms with van der Waals surface area (Å²) in [5.41, 5.74) is 1.24. The number of nitrogens with one attached hydrogen (secondary N) is 1. The minimum atomic E-state index is -0.479. The highest BCUT2D eigenvalue weighted by atomic mass is 32.1. The van der Waals surface area contributed by atoms with Crippen molar-refractivity contribution in [3.63, 3.8) is 0 Å². The molecule has 24 heavy (non-hydrogen) atoms. The second-order valence-corrected chi connectivity index (χ2v) is 6.05. The number of halogens is 1. The zero-order chi connectivity index (χ0) is 17.5. The summed E-state index contributed by atoms with van der Waals surface area (Å²) in [5.74, 6) is -1.02. The first-order valence-corrected chi connectivity index (χ1v) is 8.34. The summed E-state index contributed by atoms with van der Waals surface area (Å²) in [4.78, 5) is 26.1. The molecular weight excluding hydrogens is 331 g/mol. The summed E-state index contributed by atoms with van der Waals surface area (Å²) >= 11 is 1.21. The molecule has 0 aliphatic rings. The van der Waals surface area contributed by atoms with Gasteiger partial charge in [0.25, 0.3) is 0 Å². The zero-order valence-electron chi connectivity index (χ0n) is 13.5. The number of likely N-dealkylation sites (N-methyl/N-ethyl adjacent to an activating group) is 1. The molecule has 128 valence electrons. The Morgan fingerprint density at radius 1 is 1.33 bits per heavy atom. The van der Waals surface area contributed by atoms with Crippen molar-refractivity contribution < 1.29 is 18.7 Å². The zero-order valence-corrected chi connectivity index (χ0v) is 14.4. The lowest BCUT2D eigenvalue weighted by Gasteiger charge is -2.20. The van der Waals surface area contributed by atoms with Crippen LogP contribution in [-0.4, -0.2) is 37.0 Å². The third kappa shape index (κ3) is 4.87. The molecule has 1 heterocycles. The van der Waals surface area contributed by atoms with E-state index in [1.165, 1.54) is 30.6 Å². The quantitative estimate of drug-likeness (QED) is 0.780. The van der Waals surface area contributed by atoms with Crippen LogP contribution in [-0.2, 0) is 16.1 Å². The van der Waals surface area contributed by atoms with Crippen LogP contribution < -0.4 is 5.32 Å². The van der Waals surface area contributed by atoms with Gasteiger partial charge in [-0.25, -0.2) is 9.18 Å². The predicted octanol–water partition coefficient (Wildman–Crippen LogP) is 3.13. The third-order valence-corrected chi connectivity index (χ3v) is 4.31. The van der Waals surface area contributed by atoms with Crippen molar-refractivity contribution in [2.45, 2.75) is 13.5 Å². The highest BCUT2D eigenvalue weighted by molar-refractivity contribution is 7.12. The average molecular weight is 350 g/mol. The number of carbonyl (C=O) groups excluding carboxylic acids is 2. The Morgan fingerprint density at radius 3 is 2.79 bits per heavy atom. The Morgan fingerprint density at radius 2 is 2.12 bits per heavy atom. The molecule has 2 aromatic rings. The van der Waals surface area contributed by atoms with E-state index < -0.39 is 5.97 Å². The first kappa shape index (κ1) is 18.1. The second kappa shape index (κ2) is 8.56. The summed E-state index contributed by atoms with van der Waals surface area (Å²) in [6.07, 6.45) is 0. The maximum atomic E-state index is 13.2. The van der Waals surface area contributed by atoms with Gasteiger partial charge in [0, 0.05) is 6.54 Å². The fourth-order valence-electron chi connectivity index (χ4n) is 2.22. The van der Waals surface area contributed by atoms with Gasteiger partial charge >= 0.3 is 5.97 Å². The SMILES string of the molecule is CCN(CC(=O)Nc1ccsc1C(=O)OC)Cc1cccc(F)c1. The summed E-state index contributed by atoms with van der Waals surface area (Å²) in [6, 6.07) is 7.97. The van der Waals surface area contributed by atoms with Crippen molar-refractivity contribution in [1.29, 1.82) is 0 Å². The van der Waals surface area contributed by atoms with Crippen molar-refractivity contribution >= 4 is 28.9 Å². The largest absolute Gasteiger partial charge is 0.465 e. The number of hydrogen-bond acceptors (Lipinski definition) is 5. The van der Waals surface area contributed by atoms with E-state index in [4.69, 9.17) is 0 Å². The van der Waals surface area contributed by atoms with Crippen LogP contribution in [0.4, 0.5) is 10.1 Å². The minimum Gasteiger partial charge on any atom is -0.465 e. The number of ether oxygens (including phenoxy) is 1. The van der Waals surface area contributed by atoms with E-state index in [0.29, 0.717) is 23.7 Å². The Kier molecular flexibility index (Phi) is 6.45. The third-order valence-electron chi connectivity index (χ3n) is 3.42. The van der Waals surface area contributed by atoms with Gasteiger partial charge in [-0.05, 0) is 35.7 Å². The van der Waals surface area contributed by atoms with Crippen molar-refractivity contribution in [3.8, 4) is 0 Å². The predicted molar refractivity (Wildman–Crippen MR) is 91.6 cm³/mol. The summed E-state index contributed by atoms with van der Waals surface area (Å²) in [6.45, 7) is 3.17. The summed E-state index contributed by atoms with van der Waals surface area (Å²) in [7, 11) is 1.30. The molecule has 0 bridgehead atoms. The molecule has 0 saturated heterocycles. The van der Waals surface area contributed by atoms with Gasteiger partial charge in [-0.15, -0.1) is 11.3 Å². The molecule has 0 saturated carbocycles. The normalized spacial score (nSPS) is 10.7. The standard InChI is InChI=1S/C17H19FN2O3S/c1-3-20(10-12-5-4-6-13(18)9-12)11-15(21)19-14-7-8-24-16(14)17(22)23-2/h4-9H,3,10-11H2,1-2H3,(H,19,21). The van der Waals surface area contributed by atoms with Crippen molar-refractivity contribution in [2.24, 2.45) is 0 Å². The van der Waals surface area contributed by atoms with Crippen LogP contribution in [0, 0.1) is 5.82 Å². The lowest BCUT2D eigenvalue weighted by Crippen LogP contribution is -2.33. The molecule has 1 N–H and O–H groups in total. The highest BCUT2D eigenvalue weighted by Crippen LogP contribution is 2.23. The van der Waals surface area contributed by atoms with Gasteiger partial charge in [0.1, 0.15) is 10.7 Å². The summed E-state index contributed by atoms with van der Waals surface area (Å²) in [5, 5.41) is 4.44. The molecule has 5 nitrogen and oxygen atoms in total. The van der Waals surface area contributed by atoms with Gasteiger partial charge in [-0.3, -0.25) is 9.69 Å². The molecule has 1 aromatic heterocycles. The molecule has 0 spiro atoms. The second-order valence-electron chi connectivity index (χ2n) is 5.14. The number of amides is 1. The highest BCUT2D eigenvalue weighted by Gasteiger charge is 2.17. The van der Waals surface area contributed by atoms with Crippen LogP contribution >= 0.6 is 11.3 Å². The van der Waals surface area contributed by atoms with E-state index in [0.717, 1.165) is 5.56 Å². The number of hydrogen-bond donors (Lipinski definition) is 1. The molecule has 1 aromatic carbocycles. The Hall–Kier alpha value is -2.25. The number of anilines is 1. The number of carbonyl (C=O) groups is 2. The van der Waals surface area contributed by atoms with Crippen LogP contribution in [0.3, 0.4) is 0 Å². The molecular formula is C17H19FN2O3S. The van der Waals surface area contributed by atoms with Crippen LogP contribution in [0.2, 0.25) is 0 Å². The van der Waals surface area contributed by atoms with E-state index in [-0.39, 0.29) is 18.3 Å². The van der Waals surface area contributed by atoms with E-state index in [1.807, 2.05) is 17.9 Å². The first-order valence-electron chi connectivity index (χ1n) is 7.46. The van der Waals surface area contributed by atoms with Crippen LogP contribution in [0.5, 0.6) is 0 Å². The maximum absolute atomic E-state index is 13.2. The van der Waals surface area contributed by atoms with Gasteiger partial charge in [0.15, 0.2) is 0 Å². The van der Waals surface area contributed by atoms with E-state index >= 15 is 0 Å². The minimum absolute atomic E-state index is 0.142. The average Bonchev–Trinajstić information content (AvgIpc) is 3.01. The van der Waals surface area contributed by atoms with E-state index in [1.54, 1.807) is 17.5 Å². The van der Waals surface area contributed by atoms with Crippen LogP contribution in [0.25, 0.3) is 0 Å². The van der Waals surface area contributed by atoms with Gasteiger partial charge < -0.3 is 10.1 Å².